The van der Waals surface area contributed by atoms with E-state index in [0.717, 1.165) is 11.1 Å². The summed E-state index contributed by atoms with van der Waals surface area (Å²) in [5.74, 6) is -1.05. The molecule has 0 aliphatic heterocycles. The third-order valence-electron chi connectivity index (χ3n) is 5.00. The van der Waals surface area contributed by atoms with Crippen LogP contribution in [-0.4, -0.2) is 26.2 Å². The van der Waals surface area contributed by atoms with Gasteiger partial charge >= 0.3 is 11.9 Å². The number of carbonyl (C=O) groups excluding carboxylic acids is 2. The van der Waals surface area contributed by atoms with Crippen molar-refractivity contribution in [1.82, 2.24) is 0 Å². The van der Waals surface area contributed by atoms with Gasteiger partial charge in [0.05, 0.1) is 19.8 Å². The smallest absolute Gasteiger partial charge is 0.334 e. The molecule has 122 valence electrons. The van der Waals surface area contributed by atoms with Gasteiger partial charge in [-0.3, -0.25) is 4.79 Å². The lowest BCUT2D eigenvalue weighted by Gasteiger charge is -2.24. The van der Waals surface area contributed by atoms with E-state index >= 15 is 0 Å². The predicted octanol–water partition coefficient (Wildman–Crippen LogP) is 3.56. The summed E-state index contributed by atoms with van der Waals surface area (Å²) in [6.07, 6.45) is 7.93. The first kappa shape index (κ1) is 15.8. The minimum Gasteiger partial charge on any atom is -0.468 e. The van der Waals surface area contributed by atoms with Crippen molar-refractivity contribution in [2.75, 3.05) is 14.2 Å². The van der Waals surface area contributed by atoms with Gasteiger partial charge < -0.3 is 9.47 Å². The first-order chi connectivity index (χ1) is 11.2. The lowest BCUT2D eigenvalue weighted by molar-refractivity contribution is -0.144. The van der Waals surface area contributed by atoms with E-state index in [2.05, 4.69) is 6.07 Å². The van der Waals surface area contributed by atoms with Crippen LogP contribution in [0.4, 0.5) is 0 Å². The number of benzene rings is 1. The van der Waals surface area contributed by atoms with Crippen LogP contribution in [0.5, 0.6) is 0 Å². The van der Waals surface area contributed by atoms with Gasteiger partial charge in [-0.1, -0.05) is 37.5 Å². The van der Waals surface area contributed by atoms with E-state index in [1.165, 1.54) is 51.9 Å². The highest BCUT2D eigenvalue weighted by atomic mass is 16.5. The molecule has 2 aliphatic rings. The molecule has 0 bridgehead atoms. The second-order valence-electron chi connectivity index (χ2n) is 6.23. The van der Waals surface area contributed by atoms with Gasteiger partial charge in [-0.2, -0.15) is 0 Å². The molecule has 0 aromatic heterocycles. The molecule has 1 saturated carbocycles. The Bertz CT molecular complexity index is 653. The van der Waals surface area contributed by atoms with Gasteiger partial charge in [-0.25, -0.2) is 4.79 Å². The molecule has 0 saturated heterocycles. The molecule has 23 heavy (non-hydrogen) atoms. The largest absolute Gasteiger partial charge is 0.468 e. The fourth-order valence-electron chi connectivity index (χ4n) is 3.86. The summed E-state index contributed by atoms with van der Waals surface area (Å²) >= 11 is 0. The third kappa shape index (κ3) is 2.78. The summed E-state index contributed by atoms with van der Waals surface area (Å²) in [5, 5.41) is 0. The summed E-state index contributed by atoms with van der Waals surface area (Å²) in [6, 6.07) is 6.02. The van der Waals surface area contributed by atoms with E-state index in [0.29, 0.717) is 11.5 Å². The highest BCUT2D eigenvalue weighted by molar-refractivity contribution is 6.06. The van der Waals surface area contributed by atoms with Gasteiger partial charge in [0.2, 0.25) is 0 Å². The van der Waals surface area contributed by atoms with Gasteiger partial charge in [0, 0.05) is 0 Å². The highest BCUT2D eigenvalue weighted by Gasteiger charge is 2.38. The van der Waals surface area contributed by atoms with Crippen molar-refractivity contribution < 1.29 is 19.1 Å². The van der Waals surface area contributed by atoms with E-state index in [4.69, 9.17) is 9.47 Å². The molecule has 1 unspecified atom stereocenters. The molecule has 0 spiro atoms. The number of hydrogen-bond donors (Lipinski definition) is 0. The summed E-state index contributed by atoms with van der Waals surface area (Å²) < 4.78 is 9.77. The Labute approximate surface area is 136 Å². The number of ether oxygens (including phenoxy) is 2. The minimum absolute atomic E-state index is 0.373. The van der Waals surface area contributed by atoms with Crippen molar-refractivity contribution in [3.8, 4) is 0 Å². The molecule has 4 nitrogen and oxygen atoms in total. The average molecular weight is 314 g/mol. The lowest BCUT2D eigenvalue weighted by atomic mass is 9.81. The fraction of sp³-hybridized carbons (Fsp3) is 0.474. The van der Waals surface area contributed by atoms with Crippen LogP contribution in [0.15, 0.2) is 23.8 Å². The topological polar surface area (TPSA) is 52.6 Å². The zero-order valence-corrected chi connectivity index (χ0v) is 13.6. The van der Waals surface area contributed by atoms with E-state index in [1.807, 2.05) is 18.2 Å². The van der Waals surface area contributed by atoms with Gasteiger partial charge in [0.15, 0.2) is 0 Å². The van der Waals surface area contributed by atoms with Crippen LogP contribution in [0.1, 0.15) is 60.6 Å². The Kier molecular flexibility index (Phi) is 4.51. The van der Waals surface area contributed by atoms with Crippen LogP contribution in [0, 0.1) is 0 Å². The van der Waals surface area contributed by atoms with E-state index < -0.39 is 17.9 Å². The first-order valence-corrected chi connectivity index (χ1v) is 8.18. The number of carbonyl (C=O) groups is 2. The lowest BCUT2D eigenvalue weighted by Crippen LogP contribution is -2.19. The van der Waals surface area contributed by atoms with Crippen molar-refractivity contribution in [3.05, 3.63) is 40.5 Å². The Balaban J connectivity index is 2.06. The molecule has 0 heterocycles. The average Bonchev–Trinajstić information content (AvgIpc) is 3.00. The maximum atomic E-state index is 12.2. The van der Waals surface area contributed by atoms with E-state index in [1.54, 1.807) is 0 Å². The molecule has 4 heteroatoms. The molecule has 0 radical (unpaired) electrons. The molecular formula is C19H22O4. The zero-order valence-electron chi connectivity index (χ0n) is 13.6. The van der Waals surface area contributed by atoms with E-state index in [9.17, 15) is 9.59 Å². The maximum absolute atomic E-state index is 12.2. The molecule has 1 fully saturated rings. The van der Waals surface area contributed by atoms with Crippen LogP contribution in [0.25, 0.3) is 6.08 Å². The summed E-state index contributed by atoms with van der Waals surface area (Å²) in [4.78, 5) is 24.3. The fourth-order valence-corrected chi connectivity index (χ4v) is 3.86. The van der Waals surface area contributed by atoms with Crippen LogP contribution in [0.3, 0.4) is 0 Å². The Hall–Kier alpha value is -2.10. The highest BCUT2D eigenvalue weighted by Crippen LogP contribution is 2.43. The Morgan fingerprint density at radius 2 is 1.70 bits per heavy atom. The van der Waals surface area contributed by atoms with Crippen LogP contribution >= 0.6 is 0 Å². The molecule has 1 aromatic carbocycles. The third-order valence-corrected chi connectivity index (χ3v) is 5.00. The molecule has 0 N–H and O–H groups in total. The number of fused-ring (bicyclic) bond motifs is 1. The number of rotatable bonds is 3. The maximum Gasteiger partial charge on any atom is 0.334 e. The molecule has 1 aromatic rings. The van der Waals surface area contributed by atoms with Crippen molar-refractivity contribution in [1.29, 1.82) is 0 Å². The van der Waals surface area contributed by atoms with Crippen LogP contribution in [-0.2, 0) is 19.1 Å². The van der Waals surface area contributed by atoms with Gasteiger partial charge in [-0.15, -0.1) is 0 Å². The summed E-state index contributed by atoms with van der Waals surface area (Å²) in [6.45, 7) is 0. The molecular weight excluding hydrogens is 292 g/mol. The quantitative estimate of drug-likeness (QED) is 0.801. The predicted molar refractivity (Wildman–Crippen MR) is 87.0 cm³/mol. The van der Waals surface area contributed by atoms with Gasteiger partial charge in [0.1, 0.15) is 5.92 Å². The molecule has 0 amide bonds. The van der Waals surface area contributed by atoms with Crippen molar-refractivity contribution in [2.24, 2.45) is 0 Å². The molecule has 2 aliphatic carbocycles. The normalized spacial score (nSPS) is 20.6. The van der Waals surface area contributed by atoms with E-state index in [-0.39, 0.29) is 0 Å². The zero-order chi connectivity index (χ0) is 16.4. The SMILES string of the molecule is COC(=O)C1=Cc2c(C3CCCCC3)cccc2C1C(=O)OC. The Morgan fingerprint density at radius 3 is 2.35 bits per heavy atom. The monoisotopic (exact) mass is 314 g/mol. The van der Waals surface area contributed by atoms with Crippen molar-refractivity contribution in [3.63, 3.8) is 0 Å². The summed E-state index contributed by atoms with van der Waals surface area (Å²) in [5.41, 5.74) is 3.49. The number of esters is 2. The van der Waals surface area contributed by atoms with Crippen molar-refractivity contribution in [2.45, 2.75) is 43.9 Å². The number of hydrogen-bond acceptors (Lipinski definition) is 4. The second kappa shape index (κ2) is 6.57. The first-order valence-electron chi connectivity index (χ1n) is 8.18. The Morgan fingerprint density at radius 1 is 1.00 bits per heavy atom. The molecule has 3 rings (SSSR count). The summed E-state index contributed by atoms with van der Waals surface area (Å²) in [7, 11) is 2.68. The molecule has 1 atom stereocenters. The van der Waals surface area contributed by atoms with Crippen molar-refractivity contribution >= 4 is 18.0 Å². The second-order valence-corrected chi connectivity index (χ2v) is 6.23. The van der Waals surface area contributed by atoms with Gasteiger partial charge in [0.25, 0.3) is 0 Å². The van der Waals surface area contributed by atoms with Crippen LogP contribution < -0.4 is 0 Å². The standard InChI is InChI=1S/C19H22O4/c1-22-18(20)16-11-15-13(12-7-4-3-5-8-12)9-6-10-14(15)17(16)19(21)23-2/h6,9-12,17H,3-5,7-8H2,1-2H3. The van der Waals surface area contributed by atoms with Crippen LogP contribution in [0.2, 0.25) is 0 Å². The minimum atomic E-state index is -0.675. The van der Waals surface area contributed by atoms with Gasteiger partial charge in [-0.05, 0) is 41.5 Å². The number of methoxy groups -OCH3 is 2.